The van der Waals surface area contributed by atoms with Gasteiger partial charge in [-0.25, -0.2) is 0 Å². The summed E-state index contributed by atoms with van der Waals surface area (Å²) in [5.74, 6) is 0.501. The van der Waals surface area contributed by atoms with Crippen LogP contribution in [-0.4, -0.2) is 17.9 Å². The molecule has 0 aliphatic heterocycles. The Morgan fingerprint density at radius 3 is 2.31 bits per heavy atom. The molecule has 3 atom stereocenters. The lowest BCUT2D eigenvalue weighted by Gasteiger charge is -2.36. The minimum absolute atomic E-state index is 0.0199. The third-order valence-electron chi connectivity index (χ3n) is 7.99. The van der Waals surface area contributed by atoms with Crippen LogP contribution in [0.4, 0.5) is 0 Å². The van der Waals surface area contributed by atoms with Gasteiger partial charge >= 0.3 is 0 Å². The average Bonchev–Trinajstić information content (AvgIpc) is 2.89. The largest absolute Gasteiger partial charge is 0.349 e. The lowest BCUT2D eigenvalue weighted by Crippen LogP contribution is -2.38. The Balaban J connectivity index is 1.48. The first-order valence-corrected chi connectivity index (χ1v) is 13.1. The molecule has 3 aromatic carbocycles. The SMILES string of the molecule is C[C@H](NC(=O)[C@H]1CCCC[C@H]1c1cccc(CN(C)C(C)(C)c2ccccc2)c1)c1ccccc1. The number of rotatable bonds is 8. The van der Waals surface area contributed by atoms with Crippen molar-refractivity contribution in [2.45, 2.75) is 70.5 Å². The molecular formula is C32H40N2O. The fourth-order valence-corrected chi connectivity index (χ4v) is 5.45. The highest BCUT2D eigenvalue weighted by molar-refractivity contribution is 5.80. The Labute approximate surface area is 211 Å². The number of hydrogen-bond donors (Lipinski definition) is 1. The Bertz CT molecular complexity index is 1090. The van der Waals surface area contributed by atoms with Gasteiger partial charge in [0.05, 0.1) is 6.04 Å². The van der Waals surface area contributed by atoms with Crippen LogP contribution in [-0.2, 0) is 16.9 Å². The molecule has 0 unspecified atom stereocenters. The first kappa shape index (κ1) is 25.2. The van der Waals surface area contributed by atoms with Crippen LogP contribution in [0.2, 0.25) is 0 Å². The smallest absolute Gasteiger partial charge is 0.224 e. The van der Waals surface area contributed by atoms with Crippen molar-refractivity contribution in [3.63, 3.8) is 0 Å². The molecule has 3 heteroatoms. The van der Waals surface area contributed by atoms with Gasteiger partial charge in [-0.2, -0.15) is 0 Å². The second-order valence-corrected chi connectivity index (χ2v) is 10.7. The van der Waals surface area contributed by atoms with Crippen LogP contribution in [0.5, 0.6) is 0 Å². The van der Waals surface area contributed by atoms with E-state index in [0.717, 1.165) is 31.4 Å². The van der Waals surface area contributed by atoms with Crippen molar-refractivity contribution < 1.29 is 4.79 Å². The number of carbonyl (C=O) groups excluding carboxylic acids is 1. The molecular weight excluding hydrogens is 428 g/mol. The summed E-state index contributed by atoms with van der Waals surface area (Å²) in [4.78, 5) is 15.8. The average molecular weight is 469 g/mol. The summed E-state index contributed by atoms with van der Waals surface area (Å²) in [7, 11) is 2.20. The highest BCUT2D eigenvalue weighted by Crippen LogP contribution is 2.39. The van der Waals surface area contributed by atoms with Crippen molar-refractivity contribution in [2.24, 2.45) is 5.92 Å². The van der Waals surface area contributed by atoms with Crippen LogP contribution in [0.15, 0.2) is 84.9 Å². The minimum atomic E-state index is -0.0713. The fraction of sp³-hybridized carbons (Fsp3) is 0.406. The van der Waals surface area contributed by atoms with E-state index in [-0.39, 0.29) is 29.3 Å². The van der Waals surface area contributed by atoms with Crippen molar-refractivity contribution >= 4 is 5.91 Å². The summed E-state index contributed by atoms with van der Waals surface area (Å²) in [6.07, 6.45) is 4.35. The number of nitrogens with zero attached hydrogens (tertiary/aromatic N) is 1. The molecule has 3 nitrogen and oxygen atoms in total. The monoisotopic (exact) mass is 468 g/mol. The lowest BCUT2D eigenvalue weighted by atomic mass is 9.74. The molecule has 35 heavy (non-hydrogen) atoms. The number of hydrogen-bond acceptors (Lipinski definition) is 2. The Hall–Kier alpha value is -2.91. The number of amides is 1. The second-order valence-electron chi connectivity index (χ2n) is 10.7. The van der Waals surface area contributed by atoms with Crippen LogP contribution in [0.25, 0.3) is 0 Å². The van der Waals surface area contributed by atoms with Gasteiger partial charge in [0.15, 0.2) is 0 Å². The molecule has 4 rings (SSSR count). The van der Waals surface area contributed by atoms with Gasteiger partial charge in [-0.15, -0.1) is 0 Å². The van der Waals surface area contributed by atoms with Gasteiger partial charge in [0.1, 0.15) is 0 Å². The van der Waals surface area contributed by atoms with Gasteiger partial charge in [0.2, 0.25) is 5.91 Å². The minimum Gasteiger partial charge on any atom is -0.349 e. The Kier molecular flexibility index (Phi) is 8.07. The Morgan fingerprint density at radius 1 is 0.943 bits per heavy atom. The third-order valence-corrected chi connectivity index (χ3v) is 7.99. The van der Waals surface area contributed by atoms with Crippen molar-refractivity contribution in [1.82, 2.24) is 10.2 Å². The van der Waals surface area contributed by atoms with Crippen LogP contribution >= 0.6 is 0 Å². The lowest BCUT2D eigenvalue weighted by molar-refractivity contribution is -0.127. The highest BCUT2D eigenvalue weighted by Gasteiger charge is 2.33. The topological polar surface area (TPSA) is 32.3 Å². The van der Waals surface area contributed by atoms with E-state index in [4.69, 9.17) is 0 Å². The molecule has 0 bridgehead atoms. The number of nitrogens with one attached hydrogen (secondary N) is 1. The van der Waals surface area contributed by atoms with E-state index in [1.54, 1.807) is 0 Å². The molecule has 3 aromatic rings. The van der Waals surface area contributed by atoms with E-state index in [1.807, 2.05) is 18.2 Å². The highest BCUT2D eigenvalue weighted by atomic mass is 16.2. The molecule has 1 aliphatic rings. The zero-order valence-corrected chi connectivity index (χ0v) is 21.7. The molecule has 1 N–H and O–H groups in total. The first-order chi connectivity index (χ1) is 16.9. The molecule has 0 heterocycles. The molecule has 0 saturated heterocycles. The summed E-state index contributed by atoms with van der Waals surface area (Å²) in [6, 6.07) is 29.9. The van der Waals surface area contributed by atoms with Crippen LogP contribution in [0.1, 0.15) is 80.7 Å². The van der Waals surface area contributed by atoms with Gasteiger partial charge in [-0.1, -0.05) is 97.8 Å². The van der Waals surface area contributed by atoms with Crippen molar-refractivity contribution in [3.05, 3.63) is 107 Å². The summed E-state index contributed by atoms with van der Waals surface area (Å²) >= 11 is 0. The van der Waals surface area contributed by atoms with Crippen LogP contribution < -0.4 is 5.32 Å². The van der Waals surface area contributed by atoms with Gasteiger partial charge in [-0.05, 0) is 68.8 Å². The van der Waals surface area contributed by atoms with E-state index in [1.165, 1.54) is 23.1 Å². The predicted molar refractivity (Wildman–Crippen MR) is 145 cm³/mol. The zero-order chi connectivity index (χ0) is 24.8. The Morgan fingerprint density at radius 2 is 1.60 bits per heavy atom. The normalized spacial score (nSPS) is 19.3. The van der Waals surface area contributed by atoms with Crippen molar-refractivity contribution in [2.75, 3.05) is 7.05 Å². The van der Waals surface area contributed by atoms with Gasteiger partial charge in [0.25, 0.3) is 0 Å². The second kappa shape index (κ2) is 11.2. The summed E-state index contributed by atoms with van der Waals surface area (Å²) in [5.41, 5.74) is 5.00. The van der Waals surface area contributed by atoms with Crippen molar-refractivity contribution in [3.8, 4) is 0 Å². The molecule has 0 spiro atoms. The maximum Gasteiger partial charge on any atom is 0.224 e. The first-order valence-electron chi connectivity index (χ1n) is 13.1. The summed E-state index contributed by atoms with van der Waals surface area (Å²) in [6.45, 7) is 7.50. The molecule has 0 radical (unpaired) electrons. The summed E-state index contributed by atoms with van der Waals surface area (Å²) < 4.78 is 0. The molecule has 1 fully saturated rings. The molecule has 0 aromatic heterocycles. The fourth-order valence-electron chi connectivity index (χ4n) is 5.45. The van der Waals surface area contributed by atoms with Gasteiger partial charge < -0.3 is 5.32 Å². The molecule has 184 valence electrons. The van der Waals surface area contributed by atoms with E-state index in [2.05, 4.69) is 105 Å². The van der Waals surface area contributed by atoms with E-state index in [0.29, 0.717) is 0 Å². The molecule has 1 saturated carbocycles. The summed E-state index contributed by atoms with van der Waals surface area (Å²) in [5, 5.41) is 3.30. The van der Waals surface area contributed by atoms with E-state index >= 15 is 0 Å². The molecule has 1 aliphatic carbocycles. The van der Waals surface area contributed by atoms with Gasteiger partial charge in [0, 0.05) is 18.0 Å². The standard InChI is InChI=1S/C32H40N2O/c1-24(26-15-7-5-8-16-26)33-31(35)30-21-12-11-20-29(30)27-17-13-14-25(22-27)23-34(4)32(2,3)28-18-9-6-10-19-28/h5-10,13-19,22,24,29-30H,11-12,20-21,23H2,1-4H3,(H,33,35)/t24-,29-,30-/m0/s1. The van der Waals surface area contributed by atoms with Crippen LogP contribution in [0.3, 0.4) is 0 Å². The third kappa shape index (κ3) is 6.02. The predicted octanol–water partition coefficient (Wildman–Crippen LogP) is 7.20. The maximum absolute atomic E-state index is 13.4. The number of benzene rings is 3. The maximum atomic E-state index is 13.4. The number of carbonyl (C=O) groups is 1. The van der Waals surface area contributed by atoms with E-state index < -0.39 is 0 Å². The van der Waals surface area contributed by atoms with Crippen molar-refractivity contribution in [1.29, 1.82) is 0 Å². The molecule has 1 amide bonds. The zero-order valence-electron chi connectivity index (χ0n) is 21.7. The van der Waals surface area contributed by atoms with E-state index in [9.17, 15) is 4.79 Å². The van der Waals surface area contributed by atoms with Gasteiger partial charge in [-0.3, -0.25) is 9.69 Å². The quantitative estimate of drug-likeness (QED) is 0.379. The van der Waals surface area contributed by atoms with Crippen LogP contribution in [0, 0.1) is 5.92 Å².